The van der Waals surface area contributed by atoms with Gasteiger partial charge in [-0.3, -0.25) is 4.79 Å². The van der Waals surface area contributed by atoms with E-state index < -0.39 is 12.1 Å². The van der Waals surface area contributed by atoms with Crippen molar-refractivity contribution in [1.82, 2.24) is 0 Å². The number of carbonyl (C=O) groups excluding carboxylic acids is 2. The summed E-state index contributed by atoms with van der Waals surface area (Å²) in [6.45, 7) is 5.47. The van der Waals surface area contributed by atoms with Crippen molar-refractivity contribution >= 4 is 11.8 Å². The number of hydrogen-bond donors (Lipinski definition) is 0. The van der Waals surface area contributed by atoms with Crippen molar-refractivity contribution in [3.05, 3.63) is 58.7 Å². The monoisotopic (exact) mass is 342 g/mol. The molecule has 0 aliphatic carbocycles. The van der Waals surface area contributed by atoms with Crippen LogP contribution in [-0.2, 0) is 4.74 Å². The number of esters is 1. The third-order valence-electron chi connectivity index (χ3n) is 4.07. The normalized spacial score (nSPS) is 11.6. The molecule has 0 unspecified atom stereocenters. The number of carbonyl (C=O) groups is 2. The van der Waals surface area contributed by atoms with Gasteiger partial charge in [0, 0.05) is 11.6 Å². The number of methoxy groups -OCH3 is 2. The molecule has 0 aliphatic rings. The maximum atomic E-state index is 12.5. The van der Waals surface area contributed by atoms with Crippen LogP contribution in [-0.4, -0.2) is 32.1 Å². The second kappa shape index (κ2) is 7.83. The van der Waals surface area contributed by atoms with Gasteiger partial charge >= 0.3 is 5.97 Å². The van der Waals surface area contributed by atoms with Gasteiger partial charge in [0.1, 0.15) is 17.1 Å². The summed E-state index contributed by atoms with van der Waals surface area (Å²) in [5, 5.41) is 0. The Morgan fingerprint density at radius 3 is 2.24 bits per heavy atom. The summed E-state index contributed by atoms with van der Waals surface area (Å²) in [5.41, 5.74) is 2.87. The van der Waals surface area contributed by atoms with E-state index in [0.29, 0.717) is 17.1 Å². The molecule has 0 N–H and O–H groups in total. The van der Waals surface area contributed by atoms with Gasteiger partial charge < -0.3 is 14.2 Å². The molecule has 0 heterocycles. The highest BCUT2D eigenvalue weighted by Gasteiger charge is 2.23. The number of hydrogen-bond acceptors (Lipinski definition) is 5. The highest BCUT2D eigenvalue weighted by molar-refractivity contribution is 6.02. The van der Waals surface area contributed by atoms with E-state index in [1.165, 1.54) is 14.2 Å². The van der Waals surface area contributed by atoms with E-state index in [4.69, 9.17) is 14.2 Å². The van der Waals surface area contributed by atoms with Crippen LogP contribution in [0.3, 0.4) is 0 Å². The van der Waals surface area contributed by atoms with Gasteiger partial charge in [0.2, 0.25) is 5.78 Å². The van der Waals surface area contributed by atoms with Crippen LogP contribution in [0, 0.1) is 13.8 Å². The molecule has 2 rings (SSSR count). The lowest BCUT2D eigenvalue weighted by atomic mass is 10.0. The Morgan fingerprint density at radius 2 is 1.64 bits per heavy atom. The highest BCUT2D eigenvalue weighted by atomic mass is 16.5. The van der Waals surface area contributed by atoms with Gasteiger partial charge in [-0.05, 0) is 50.1 Å². The molecule has 0 bridgehead atoms. The maximum Gasteiger partial charge on any atom is 0.342 e. The molecule has 0 aromatic heterocycles. The number of ether oxygens (including phenoxy) is 3. The lowest BCUT2D eigenvalue weighted by Gasteiger charge is -2.15. The Labute approximate surface area is 147 Å². The lowest BCUT2D eigenvalue weighted by molar-refractivity contribution is 0.0316. The van der Waals surface area contributed by atoms with Gasteiger partial charge in [0.05, 0.1) is 14.2 Å². The highest BCUT2D eigenvalue weighted by Crippen LogP contribution is 2.25. The molecule has 0 amide bonds. The summed E-state index contributed by atoms with van der Waals surface area (Å²) in [6.07, 6.45) is -0.901. The van der Waals surface area contributed by atoms with Crippen LogP contribution in [0.2, 0.25) is 0 Å². The molecule has 0 saturated heterocycles. The van der Waals surface area contributed by atoms with Gasteiger partial charge in [-0.25, -0.2) is 4.79 Å². The van der Waals surface area contributed by atoms with E-state index in [0.717, 1.165) is 11.1 Å². The Balaban J connectivity index is 2.16. The fourth-order valence-electron chi connectivity index (χ4n) is 2.37. The smallest absolute Gasteiger partial charge is 0.342 e. The standard InChI is InChI=1S/C20H22O5/c1-12-6-7-15(10-13(12)2)19(21)14(3)25-20(22)17-9-8-16(23-4)11-18(17)24-5/h6-11,14H,1-5H3/t14-/m1/s1. The second-order valence-corrected chi connectivity index (χ2v) is 5.78. The van der Waals surface area contributed by atoms with E-state index >= 15 is 0 Å². The van der Waals surface area contributed by atoms with Crippen LogP contribution < -0.4 is 9.47 Å². The quantitative estimate of drug-likeness (QED) is 0.591. The molecule has 1 atom stereocenters. The Morgan fingerprint density at radius 1 is 0.920 bits per heavy atom. The Bertz CT molecular complexity index is 795. The van der Waals surface area contributed by atoms with Crippen molar-refractivity contribution in [3.63, 3.8) is 0 Å². The molecule has 0 spiro atoms. The van der Waals surface area contributed by atoms with Crippen LogP contribution >= 0.6 is 0 Å². The van der Waals surface area contributed by atoms with E-state index in [9.17, 15) is 9.59 Å². The molecule has 0 fully saturated rings. The fraction of sp³-hybridized carbons (Fsp3) is 0.300. The fourth-order valence-corrected chi connectivity index (χ4v) is 2.37. The summed E-state index contributed by atoms with van der Waals surface area (Å²) in [4.78, 5) is 24.9. The number of rotatable bonds is 6. The zero-order valence-electron chi connectivity index (χ0n) is 15.1. The molecular formula is C20H22O5. The van der Waals surface area contributed by atoms with Crippen LogP contribution in [0.25, 0.3) is 0 Å². The van der Waals surface area contributed by atoms with Crippen LogP contribution in [0.15, 0.2) is 36.4 Å². The number of benzene rings is 2. The van der Waals surface area contributed by atoms with E-state index in [2.05, 4.69) is 0 Å². The first-order valence-electron chi connectivity index (χ1n) is 7.91. The summed E-state index contributed by atoms with van der Waals surface area (Å²) >= 11 is 0. The molecule has 5 nitrogen and oxygen atoms in total. The van der Waals surface area contributed by atoms with Crippen molar-refractivity contribution in [2.45, 2.75) is 26.9 Å². The maximum absolute atomic E-state index is 12.5. The molecular weight excluding hydrogens is 320 g/mol. The minimum Gasteiger partial charge on any atom is -0.497 e. The lowest BCUT2D eigenvalue weighted by Crippen LogP contribution is -2.24. The predicted molar refractivity (Wildman–Crippen MR) is 94.7 cm³/mol. The first-order valence-corrected chi connectivity index (χ1v) is 7.91. The third kappa shape index (κ3) is 4.18. The summed E-state index contributed by atoms with van der Waals surface area (Å²) in [5.74, 6) is 0.0240. The molecule has 2 aromatic carbocycles. The van der Waals surface area contributed by atoms with E-state index in [1.807, 2.05) is 19.9 Å². The summed E-state index contributed by atoms with van der Waals surface area (Å²) in [6, 6.07) is 10.2. The molecule has 0 radical (unpaired) electrons. The van der Waals surface area contributed by atoms with E-state index in [1.54, 1.807) is 37.3 Å². The van der Waals surface area contributed by atoms with Gasteiger partial charge in [-0.1, -0.05) is 12.1 Å². The molecule has 5 heteroatoms. The predicted octanol–water partition coefficient (Wildman–Crippen LogP) is 3.75. The van der Waals surface area contributed by atoms with Gasteiger partial charge in [-0.2, -0.15) is 0 Å². The van der Waals surface area contributed by atoms with Gasteiger partial charge in [0.15, 0.2) is 6.10 Å². The van der Waals surface area contributed by atoms with Crippen molar-refractivity contribution in [3.8, 4) is 11.5 Å². The molecule has 0 aliphatic heterocycles. The molecule has 2 aromatic rings. The Hall–Kier alpha value is -2.82. The minimum atomic E-state index is -0.901. The third-order valence-corrected chi connectivity index (χ3v) is 4.07. The topological polar surface area (TPSA) is 61.8 Å². The minimum absolute atomic E-state index is 0.239. The molecule has 25 heavy (non-hydrogen) atoms. The number of Topliss-reactive ketones (excluding diaryl/α,β-unsaturated/α-hetero) is 1. The first kappa shape index (κ1) is 18.5. The number of aryl methyl sites for hydroxylation is 2. The van der Waals surface area contributed by atoms with Crippen molar-refractivity contribution in [2.75, 3.05) is 14.2 Å². The van der Waals surface area contributed by atoms with Crippen molar-refractivity contribution in [1.29, 1.82) is 0 Å². The average molecular weight is 342 g/mol. The Kier molecular flexibility index (Phi) is 5.80. The molecule has 132 valence electrons. The van der Waals surface area contributed by atoms with Gasteiger partial charge in [0.25, 0.3) is 0 Å². The van der Waals surface area contributed by atoms with E-state index in [-0.39, 0.29) is 11.3 Å². The van der Waals surface area contributed by atoms with Crippen molar-refractivity contribution in [2.24, 2.45) is 0 Å². The SMILES string of the molecule is COc1ccc(C(=O)O[C@H](C)C(=O)c2ccc(C)c(C)c2)c(OC)c1. The first-order chi connectivity index (χ1) is 11.9. The zero-order chi connectivity index (χ0) is 18.6. The summed E-state index contributed by atoms with van der Waals surface area (Å²) < 4.78 is 15.6. The molecule has 0 saturated carbocycles. The zero-order valence-corrected chi connectivity index (χ0v) is 15.1. The van der Waals surface area contributed by atoms with Gasteiger partial charge in [-0.15, -0.1) is 0 Å². The number of ketones is 1. The van der Waals surface area contributed by atoms with Crippen LogP contribution in [0.4, 0.5) is 0 Å². The average Bonchev–Trinajstić information content (AvgIpc) is 2.62. The van der Waals surface area contributed by atoms with Crippen molar-refractivity contribution < 1.29 is 23.8 Å². The van der Waals surface area contributed by atoms with Crippen LogP contribution in [0.1, 0.15) is 38.8 Å². The van der Waals surface area contributed by atoms with Crippen LogP contribution in [0.5, 0.6) is 11.5 Å². The second-order valence-electron chi connectivity index (χ2n) is 5.78. The largest absolute Gasteiger partial charge is 0.497 e. The summed E-state index contributed by atoms with van der Waals surface area (Å²) in [7, 11) is 2.98.